The molecule has 0 bridgehead atoms. The molecule has 1 heterocycles. The lowest BCUT2D eigenvalue weighted by molar-refractivity contribution is -0.129. The molecular formula is C11H23NO. The number of allylic oxidation sites excluding steroid dienone is 1. The van der Waals surface area contributed by atoms with E-state index in [2.05, 4.69) is 6.58 Å². The zero-order chi connectivity index (χ0) is 10.9. The fourth-order valence-corrected chi connectivity index (χ4v) is 0.955. The van der Waals surface area contributed by atoms with Crippen molar-refractivity contribution in [1.29, 1.82) is 0 Å². The second-order valence-electron chi connectivity index (χ2n) is 2.37. The fourth-order valence-electron chi connectivity index (χ4n) is 0.955. The predicted octanol–water partition coefficient (Wildman–Crippen LogP) is 3.19. The third kappa shape index (κ3) is 5.45. The van der Waals surface area contributed by atoms with E-state index in [0.29, 0.717) is 6.42 Å². The number of rotatable bonds is 0. The fraction of sp³-hybridized carbons (Fsp3) is 0.727. The molecule has 0 radical (unpaired) electrons. The van der Waals surface area contributed by atoms with Crippen LogP contribution in [-0.2, 0) is 4.79 Å². The lowest BCUT2D eigenvalue weighted by atomic mass is 10.1. The molecule has 2 heteroatoms. The molecule has 0 saturated carbocycles. The van der Waals surface area contributed by atoms with E-state index in [0.717, 1.165) is 18.5 Å². The van der Waals surface area contributed by atoms with Gasteiger partial charge in [0, 0.05) is 19.2 Å². The van der Waals surface area contributed by atoms with Crippen molar-refractivity contribution in [2.24, 2.45) is 0 Å². The van der Waals surface area contributed by atoms with Crippen molar-refractivity contribution in [1.82, 2.24) is 4.90 Å². The molecule has 0 aromatic rings. The van der Waals surface area contributed by atoms with Crippen molar-refractivity contribution in [3.63, 3.8) is 0 Å². The van der Waals surface area contributed by atoms with Gasteiger partial charge in [-0.25, -0.2) is 0 Å². The summed E-state index contributed by atoms with van der Waals surface area (Å²) in [5.41, 5.74) is 0.950. The van der Waals surface area contributed by atoms with Gasteiger partial charge in [0.2, 0.25) is 5.91 Å². The number of hydrogen-bond acceptors (Lipinski definition) is 1. The van der Waals surface area contributed by atoms with Crippen LogP contribution in [0.2, 0.25) is 0 Å². The minimum absolute atomic E-state index is 0.200. The van der Waals surface area contributed by atoms with E-state index in [1.54, 1.807) is 11.9 Å². The van der Waals surface area contributed by atoms with Gasteiger partial charge >= 0.3 is 0 Å². The summed E-state index contributed by atoms with van der Waals surface area (Å²) in [6, 6.07) is 0. The smallest absolute Gasteiger partial charge is 0.226 e. The summed E-state index contributed by atoms with van der Waals surface area (Å²) in [5.74, 6) is 0.200. The van der Waals surface area contributed by atoms with Crippen LogP contribution < -0.4 is 0 Å². The van der Waals surface area contributed by atoms with Gasteiger partial charge in [-0.3, -0.25) is 4.79 Å². The Kier molecular flexibility index (Phi) is 10.5. The summed E-state index contributed by atoms with van der Waals surface area (Å²) < 4.78 is 0. The van der Waals surface area contributed by atoms with Gasteiger partial charge in [-0.2, -0.15) is 0 Å². The number of amides is 1. The van der Waals surface area contributed by atoms with Crippen LogP contribution in [0.3, 0.4) is 0 Å². The van der Waals surface area contributed by atoms with Crippen LogP contribution in [0.5, 0.6) is 0 Å². The topological polar surface area (TPSA) is 20.3 Å². The number of piperidine rings is 1. The molecule has 0 aromatic heterocycles. The zero-order valence-corrected chi connectivity index (χ0v) is 9.68. The highest BCUT2D eigenvalue weighted by atomic mass is 16.2. The van der Waals surface area contributed by atoms with Gasteiger partial charge in [0.25, 0.3) is 0 Å². The molecule has 78 valence electrons. The zero-order valence-electron chi connectivity index (χ0n) is 9.68. The molecular weight excluding hydrogens is 162 g/mol. The highest BCUT2D eigenvalue weighted by Crippen LogP contribution is 2.16. The van der Waals surface area contributed by atoms with E-state index >= 15 is 0 Å². The summed E-state index contributed by atoms with van der Waals surface area (Å²) in [6.45, 7) is 11.8. The molecule has 0 atom stereocenters. The minimum atomic E-state index is 0.200. The Labute approximate surface area is 82.6 Å². The van der Waals surface area contributed by atoms with Crippen LogP contribution >= 0.6 is 0 Å². The number of likely N-dealkylation sites (tertiary alicyclic amines) is 1. The molecule has 1 fully saturated rings. The first-order chi connectivity index (χ1) is 6.22. The minimum Gasteiger partial charge on any atom is -0.320 e. The maximum atomic E-state index is 10.9. The van der Waals surface area contributed by atoms with Crippen LogP contribution in [0, 0.1) is 0 Å². The van der Waals surface area contributed by atoms with E-state index in [9.17, 15) is 4.79 Å². The van der Waals surface area contributed by atoms with Gasteiger partial charge < -0.3 is 4.90 Å². The number of nitrogens with zero attached hydrogens (tertiary/aromatic N) is 1. The van der Waals surface area contributed by atoms with Gasteiger partial charge in [-0.15, -0.1) is 0 Å². The number of carbonyl (C=O) groups excluding carboxylic acids is 1. The van der Waals surface area contributed by atoms with Gasteiger partial charge in [-0.05, 0) is 12.8 Å². The normalized spacial score (nSPS) is 15.3. The Bertz CT molecular complexity index is 136. The van der Waals surface area contributed by atoms with Crippen LogP contribution in [0.15, 0.2) is 12.3 Å². The standard InChI is InChI=1S/C7H11NO.2C2H6/c1-6-4-3-5-7(9)8(6)2;2*1-2/h1,3-5H2,2H3;2*1-2H3. The summed E-state index contributed by atoms with van der Waals surface area (Å²) in [7, 11) is 1.78. The Morgan fingerprint density at radius 3 is 1.92 bits per heavy atom. The predicted molar refractivity (Wildman–Crippen MR) is 58.5 cm³/mol. The van der Waals surface area contributed by atoms with Gasteiger partial charge in [-0.1, -0.05) is 34.3 Å². The van der Waals surface area contributed by atoms with E-state index in [1.807, 2.05) is 27.7 Å². The first-order valence-electron chi connectivity index (χ1n) is 5.16. The van der Waals surface area contributed by atoms with Gasteiger partial charge in [0.1, 0.15) is 0 Å². The van der Waals surface area contributed by atoms with Crippen LogP contribution in [-0.4, -0.2) is 17.9 Å². The van der Waals surface area contributed by atoms with Crippen LogP contribution in [0.25, 0.3) is 0 Å². The second-order valence-corrected chi connectivity index (χ2v) is 2.37. The number of hydrogen-bond donors (Lipinski definition) is 0. The Morgan fingerprint density at radius 1 is 1.15 bits per heavy atom. The summed E-state index contributed by atoms with van der Waals surface area (Å²) >= 11 is 0. The monoisotopic (exact) mass is 185 g/mol. The molecule has 0 aromatic carbocycles. The summed E-state index contributed by atoms with van der Waals surface area (Å²) in [4.78, 5) is 12.5. The summed E-state index contributed by atoms with van der Waals surface area (Å²) in [6.07, 6.45) is 2.64. The molecule has 0 spiro atoms. The van der Waals surface area contributed by atoms with Crippen LogP contribution in [0.1, 0.15) is 47.0 Å². The van der Waals surface area contributed by atoms with Crippen molar-refractivity contribution in [2.75, 3.05) is 7.05 Å². The average Bonchev–Trinajstić information content (AvgIpc) is 2.20. The molecule has 1 aliphatic heterocycles. The van der Waals surface area contributed by atoms with Gasteiger partial charge in [0.05, 0.1) is 0 Å². The van der Waals surface area contributed by atoms with E-state index in [4.69, 9.17) is 0 Å². The molecule has 13 heavy (non-hydrogen) atoms. The van der Waals surface area contributed by atoms with E-state index in [-0.39, 0.29) is 5.91 Å². The lowest BCUT2D eigenvalue weighted by Crippen LogP contribution is -2.28. The molecule has 1 rings (SSSR count). The molecule has 0 unspecified atom stereocenters. The Balaban J connectivity index is 0. The highest BCUT2D eigenvalue weighted by Gasteiger charge is 2.16. The average molecular weight is 185 g/mol. The first kappa shape index (κ1) is 14.7. The molecule has 1 aliphatic rings. The highest BCUT2D eigenvalue weighted by molar-refractivity contribution is 5.78. The maximum absolute atomic E-state index is 10.9. The summed E-state index contributed by atoms with van der Waals surface area (Å²) in [5, 5.41) is 0. The third-order valence-corrected chi connectivity index (χ3v) is 1.70. The Morgan fingerprint density at radius 2 is 1.62 bits per heavy atom. The molecule has 2 nitrogen and oxygen atoms in total. The van der Waals surface area contributed by atoms with E-state index in [1.165, 1.54) is 0 Å². The molecule has 0 aliphatic carbocycles. The van der Waals surface area contributed by atoms with Crippen molar-refractivity contribution in [3.05, 3.63) is 12.3 Å². The lowest BCUT2D eigenvalue weighted by Gasteiger charge is -2.24. The van der Waals surface area contributed by atoms with Gasteiger partial charge in [0.15, 0.2) is 0 Å². The van der Waals surface area contributed by atoms with Crippen LogP contribution in [0.4, 0.5) is 0 Å². The molecule has 1 amide bonds. The van der Waals surface area contributed by atoms with Crippen molar-refractivity contribution >= 4 is 5.91 Å². The largest absolute Gasteiger partial charge is 0.320 e. The first-order valence-corrected chi connectivity index (χ1v) is 5.16. The Hall–Kier alpha value is -0.790. The SMILES string of the molecule is C=C1CCCC(=O)N1C.CC.CC. The second kappa shape index (κ2) is 9.30. The van der Waals surface area contributed by atoms with Crippen molar-refractivity contribution in [2.45, 2.75) is 47.0 Å². The third-order valence-electron chi connectivity index (χ3n) is 1.70. The van der Waals surface area contributed by atoms with Crippen molar-refractivity contribution < 1.29 is 4.79 Å². The quantitative estimate of drug-likeness (QED) is 0.567. The maximum Gasteiger partial charge on any atom is 0.226 e. The number of carbonyl (C=O) groups is 1. The van der Waals surface area contributed by atoms with Crippen molar-refractivity contribution in [3.8, 4) is 0 Å². The van der Waals surface area contributed by atoms with E-state index < -0.39 is 0 Å². The molecule has 0 N–H and O–H groups in total. The molecule has 1 saturated heterocycles.